The molecule has 0 fully saturated rings. The number of nitrogens with zero attached hydrogens (tertiary/aromatic N) is 1. The number of amides is 1. The summed E-state index contributed by atoms with van der Waals surface area (Å²) in [4.78, 5) is 31.4. The van der Waals surface area contributed by atoms with Gasteiger partial charge in [-0.2, -0.15) is 0 Å². The average Bonchev–Trinajstić information content (AvgIpc) is 2.67. The number of hydrogen-bond acceptors (Lipinski definition) is 3. The van der Waals surface area contributed by atoms with Crippen LogP contribution in [-0.4, -0.2) is 15.9 Å². The van der Waals surface area contributed by atoms with Gasteiger partial charge in [0.2, 0.25) is 0 Å². The van der Waals surface area contributed by atoms with Crippen LogP contribution in [0.3, 0.4) is 0 Å². The Morgan fingerprint density at radius 1 is 1.15 bits per heavy atom. The number of aromatic nitrogens is 2. The van der Waals surface area contributed by atoms with E-state index in [0.29, 0.717) is 24.1 Å². The van der Waals surface area contributed by atoms with E-state index in [1.54, 1.807) is 18.5 Å². The van der Waals surface area contributed by atoms with E-state index >= 15 is 0 Å². The van der Waals surface area contributed by atoms with Crippen molar-refractivity contribution in [1.82, 2.24) is 15.3 Å². The van der Waals surface area contributed by atoms with Gasteiger partial charge >= 0.3 is 0 Å². The Labute approximate surface area is 152 Å². The molecule has 0 aliphatic rings. The van der Waals surface area contributed by atoms with Crippen molar-refractivity contribution in [3.8, 4) is 11.1 Å². The van der Waals surface area contributed by atoms with Crippen LogP contribution in [0.4, 0.5) is 0 Å². The molecule has 3 rings (SSSR count). The number of aryl methyl sites for hydroxylation is 2. The van der Waals surface area contributed by atoms with E-state index in [9.17, 15) is 9.59 Å². The minimum atomic E-state index is -0.180. The summed E-state index contributed by atoms with van der Waals surface area (Å²) in [6.07, 6.45) is 3.90. The van der Waals surface area contributed by atoms with E-state index < -0.39 is 0 Å². The molecular weight excluding hydrogens is 326 g/mol. The maximum Gasteiger partial charge on any atom is 0.253 e. The highest BCUT2D eigenvalue weighted by atomic mass is 16.1. The highest BCUT2D eigenvalue weighted by Crippen LogP contribution is 2.22. The highest BCUT2D eigenvalue weighted by molar-refractivity contribution is 5.95. The highest BCUT2D eigenvalue weighted by Gasteiger charge is 2.11. The fraction of sp³-hybridized carbons (Fsp3) is 0.190. The van der Waals surface area contributed by atoms with E-state index in [2.05, 4.69) is 15.3 Å². The van der Waals surface area contributed by atoms with Crippen molar-refractivity contribution >= 4 is 5.91 Å². The Morgan fingerprint density at radius 2 is 1.92 bits per heavy atom. The normalized spacial score (nSPS) is 10.5. The van der Waals surface area contributed by atoms with Crippen LogP contribution in [0, 0.1) is 6.92 Å². The lowest BCUT2D eigenvalue weighted by Gasteiger charge is -2.10. The molecule has 2 heterocycles. The largest absolute Gasteiger partial charge is 0.348 e. The van der Waals surface area contributed by atoms with Gasteiger partial charge in [-0.05, 0) is 31.0 Å². The average molecular weight is 347 g/mol. The molecule has 0 radical (unpaired) electrons. The molecule has 132 valence electrons. The van der Waals surface area contributed by atoms with E-state index in [-0.39, 0.29) is 11.5 Å². The number of carbonyl (C=O) groups excluding carboxylic acids is 1. The van der Waals surface area contributed by atoms with Gasteiger partial charge in [0, 0.05) is 41.3 Å². The van der Waals surface area contributed by atoms with Crippen LogP contribution in [0.2, 0.25) is 0 Å². The van der Waals surface area contributed by atoms with Crippen LogP contribution in [0.15, 0.2) is 59.7 Å². The van der Waals surface area contributed by atoms with Gasteiger partial charge in [0.15, 0.2) is 0 Å². The minimum Gasteiger partial charge on any atom is -0.348 e. The van der Waals surface area contributed by atoms with Crippen molar-refractivity contribution in [3.05, 3.63) is 87.6 Å². The number of hydrogen-bond donors (Lipinski definition) is 2. The Balaban J connectivity index is 1.84. The van der Waals surface area contributed by atoms with Crippen LogP contribution in [0.25, 0.3) is 11.1 Å². The Hall–Kier alpha value is -3.21. The lowest BCUT2D eigenvalue weighted by Crippen LogP contribution is -2.23. The zero-order valence-corrected chi connectivity index (χ0v) is 14.9. The monoisotopic (exact) mass is 347 g/mol. The van der Waals surface area contributed by atoms with Gasteiger partial charge in [0.25, 0.3) is 11.5 Å². The van der Waals surface area contributed by atoms with E-state index in [1.165, 1.54) is 0 Å². The van der Waals surface area contributed by atoms with Crippen molar-refractivity contribution < 1.29 is 4.79 Å². The molecule has 0 atom stereocenters. The van der Waals surface area contributed by atoms with E-state index in [0.717, 1.165) is 22.4 Å². The van der Waals surface area contributed by atoms with Crippen LogP contribution >= 0.6 is 0 Å². The van der Waals surface area contributed by atoms with Gasteiger partial charge in [-0.1, -0.05) is 37.3 Å². The predicted octanol–water partition coefficient (Wildman–Crippen LogP) is 3.24. The Morgan fingerprint density at radius 3 is 2.65 bits per heavy atom. The van der Waals surface area contributed by atoms with Gasteiger partial charge in [-0.15, -0.1) is 0 Å². The molecule has 0 aliphatic heterocycles. The first kappa shape index (κ1) is 17.6. The number of nitrogens with one attached hydrogen (secondary N) is 2. The first-order valence-electron chi connectivity index (χ1n) is 8.59. The van der Waals surface area contributed by atoms with Crippen LogP contribution in [-0.2, 0) is 13.0 Å². The molecule has 0 bridgehead atoms. The second-order valence-corrected chi connectivity index (χ2v) is 6.15. The molecule has 2 N–H and O–H groups in total. The first-order chi connectivity index (χ1) is 12.6. The van der Waals surface area contributed by atoms with E-state index in [4.69, 9.17) is 0 Å². The summed E-state index contributed by atoms with van der Waals surface area (Å²) < 4.78 is 0. The molecule has 0 spiro atoms. The van der Waals surface area contributed by atoms with Crippen LogP contribution < -0.4 is 10.9 Å². The molecule has 0 aliphatic carbocycles. The fourth-order valence-electron chi connectivity index (χ4n) is 2.82. The van der Waals surface area contributed by atoms with Gasteiger partial charge in [0.05, 0.1) is 5.56 Å². The van der Waals surface area contributed by atoms with Gasteiger partial charge in [-0.3, -0.25) is 14.6 Å². The molecule has 5 heteroatoms. The molecule has 0 saturated carbocycles. The molecule has 2 aromatic heterocycles. The standard InChI is InChI=1S/C21H21N3O2/c1-3-16-10-19(14(2)24-21(16)26)17-9-18(13-22-12-17)20(25)23-11-15-7-5-4-6-8-15/h4-10,12-13H,3,11H2,1-2H3,(H,23,25)(H,24,26). The number of pyridine rings is 2. The fourth-order valence-corrected chi connectivity index (χ4v) is 2.82. The van der Waals surface area contributed by atoms with Crippen molar-refractivity contribution in [2.45, 2.75) is 26.8 Å². The second-order valence-electron chi connectivity index (χ2n) is 6.15. The number of carbonyl (C=O) groups is 1. The molecule has 3 aromatic rings. The molecule has 0 unspecified atom stereocenters. The molecule has 0 saturated heterocycles. The first-order valence-corrected chi connectivity index (χ1v) is 8.59. The van der Waals surface area contributed by atoms with Crippen molar-refractivity contribution in [2.75, 3.05) is 0 Å². The summed E-state index contributed by atoms with van der Waals surface area (Å²) in [5, 5.41) is 2.90. The third-order valence-electron chi connectivity index (χ3n) is 4.30. The Kier molecular flexibility index (Phi) is 5.27. The van der Waals surface area contributed by atoms with Crippen molar-refractivity contribution in [3.63, 3.8) is 0 Å². The summed E-state index contributed by atoms with van der Waals surface area (Å²) in [7, 11) is 0. The molecule has 1 amide bonds. The van der Waals surface area contributed by atoms with Gasteiger partial charge in [0.1, 0.15) is 0 Å². The summed E-state index contributed by atoms with van der Waals surface area (Å²) in [5.41, 5.74) is 4.61. The van der Waals surface area contributed by atoms with Gasteiger partial charge in [-0.25, -0.2) is 0 Å². The number of H-pyrrole nitrogens is 1. The lowest BCUT2D eigenvalue weighted by molar-refractivity contribution is 0.0950. The summed E-state index contributed by atoms with van der Waals surface area (Å²) in [6, 6.07) is 13.4. The summed E-state index contributed by atoms with van der Waals surface area (Å²) in [6.45, 7) is 4.25. The molecular formula is C21H21N3O2. The zero-order valence-electron chi connectivity index (χ0n) is 14.9. The minimum absolute atomic E-state index is 0.0709. The molecule has 26 heavy (non-hydrogen) atoms. The SMILES string of the molecule is CCc1cc(-c2cncc(C(=O)NCc3ccccc3)c2)c(C)[nH]c1=O. The lowest BCUT2D eigenvalue weighted by atomic mass is 10.0. The maximum atomic E-state index is 12.5. The van der Waals surface area contributed by atoms with Crippen molar-refractivity contribution in [2.24, 2.45) is 0 Å². The summed E-state index contributed by atoms with van der Waals surface area (Å²) >= 11 is 0. The second kappa shape index (κ2) is 7.78. The topological polar surface area (TPSA) is 74.8 Å². The number of rotatable bonds is 5. The Bertz CT molecular complexity index is 978. The molecule has 5 nitrogen and oxygen atoms in total. The number of benzene rings is 1. The van der Waals surface area contributed by atoms with Gasteiger partial charge < -0.3 is 10.3 Å². The third-order valence-corrected chi connectivity index (χ3v) is 4.30. The van der Waals surface area contributed by atoms with E-state index in [1.807, 2.05) is 50.2 Å². The van der Waals surface area contributed by atoms with Crippen LogP contribution in [0.5, 0.6) is 0 Å². The predicted molar refractivity (Wildman–Crippen MR) is 102 cm³/mol. The molecule has 1 aromatic carbocycles. The third kappa shape index (κ3) is 3.88. The van der Waals surface area contributed by atoms with Crippen molar-refractivity contribution in [1.29, 1.82) is 0 Å². The quantitative estimate of drug-likeness (QED) is 0.744. The summed E-state index contributed by atoms with van der Waals surface area (Å²) in [5.74, 6) is -0.180. The smallest absolute Gasteiger partial charge is 0.253 e. The van der Waals surface area contributed by atoms with Crippen LogP contribution in [0.1, 0.15) is 34.1 Å². The zero-order chi connectivity index (χ0) is 18.5. The maximum absolute atomic E-state index is 12.5. The number of aromatic amines is 1.